The van der Waals surface area contributed by atoms with E-state index in [1.54, 1.807) is 14.2 Å². The molecule has 0 radical (unpaired) electrons. The molecule has 0 aliphatic heterocycles. The summed E-state index contributed by atoms with van der Waals surface area (Å²) in [5.74, 6) is 0. The zero-order valence-electron chi connectivity index (χ0n) is 9.54. The van der Waals surface area contributed by atoms with E-state index in [-0.39, 0.29) is 0 Å². The first-order valence-electron chi connectivity index (χ1n) is 5.09. The van der Waals surface area contributed by atoms with Gasteiger partial charge in [-0.05, 0) is 12.8 Å². The van der Waals surface area contributed by atoms with E-state index >= 15 is 0 Å². The lowest BCUT2D eigenvalue weighted by molar-refractivity contribution is 0.0994. The summed E-state index contributed by atoms with van der Waals surface area (Å²) in [6.07, 6.45) is 4.90. The van der Waals surface area contributed by atoms with Crippen molar-refractivity contribution in [3.63, 3.8) is 0 Å². The minimum atomic E-state index is -2.35. The molecular weight excluding hydrogens is 196 g/mol. The second-order valence-corrected chi connectivity index (χ2v) is 6.09. The molecule has 0 aliphatic carbocycles. The van der Waals surface area contributed by atoms with Gasteiger partial charge in [0.05, 0.1) is 0 Å². The quantitative estimate of drug-likeness (QED) is 0.338. The van der Waals surface area contributed by atoms with E-state index in [0.717, 1.165) is 25.3 Å². The third-order valence-electron chi connectivity index (χ3n) is 2.10. The normalized spacial score (nSPS) is 11.6. The Bertz CT molecular complexity index is 146. The van der Waals surface area contributed by atoms with E-state index in [1.807, 2.05) is 6.08 Å². The number of unbranched alkanes of at least 4 members (excludes halogenated alkanes) is 1. The van der Waals surface area contributed by atoms with Crippen molar-refractivity contribution in [2.75, 3.05) is 20.8 Å². The van der Waals surface area contributed by atoms with Crippen molar-refractivity contribution < 1.29 is 13.3 Å². The van der Waals surface area contributed by atoms with Crippen LogP contribution < -0.4 is 0 Å². The average Bonchev–Trinajstić information content (AvgIpc) is 2.24. The molecular formula is C10H22O3Si. The Kier molecular flexibility index (Phi) is 8.08. The molecule has 0 heterocycles. The predicted molar refractivity (Wildman–Crippen MR) is 60.3 cm³/mol. The highest BCUT2D eigenvalue weighted by atomic mass is 28.4. The maximum atomic E-state index is 5.69. The van der Waals surface area contributed by atoms with Gasteiger partial charge in [0.25, 0.3) is 0 Å². The molecule has 0 aromatic carbocycles. The lowest BCUT2D eigenvalue weighted by atomic mass is 10.4. The van der Waals surface area contributed by atoms with Crippen molar-refractivity contribution in [2.24, 2.45) is 0 Å². The zero-order chi connectivity index (χ0) is 10.9. The summed E-state index contributed by atoms with van der Waals surface area (Å²) in [5.41, 5.74) is 0. The number of hydrogen-bond donors (Lipinski definition) is 0. The van der Waals surface area contributed by atoms with Gasteiger partial charge in [0.15, 0.2) is 0 Å². The van der Waals surface area contributed by atoms with Crippen molar-refractivity contribution in [1.82, 2.24) is 0 Å². The molecule has 14 heavy (non-hydrogen) atoms. The van der Waals surface area contributed by atoms with Crippen LogP contribution in [-0.2, 0) is 13.3 Å². The molecule has 0 aliphatic rings. The third kappa shape index (κ3) is 4.90. The minimum absolute atomic E-state index is 0.640. The van der Waals surface area contributed by atoms with E-state index in [2.05, 4.69) is 13.5 Å². The van der Waals surface area contributed by atoms with Crippen molar-refractivity contribution >= 4 is 8.80 Å². The van der Waals surface area contributed by atoms with E-state index in [9.17, 15) is 0 Å². The molecule has 4 heteroatoms. The van der Waals surface area contributed by atoms with Crippen LogP contribution in [0.15, 0.2) is 12.7 Å². The summed E-state index contributed by atoms with van der Waals surface area (Å²) in [6.45, 7) is 6.43. The van der Waals surface area contributed by atoms with E-state index in [1.165, 1.54) is 0 Å². The summed E-state index contributed by atoms with van der Waals surface area (Å²) < 4.78 is 16.5. The highest BCUT2D eigenvalue weighted by molar-refractivity contribution is 6.60. The summed E-state index contributed by atoms with van der Waals surface area (Å²) in [5, 5.41) is 0. The van der Waals surface area contributed by atoms with Gasteiger partial charge in [-0.15, -0.1) is 6.58 Å². The Balaban J connectivity index is 3.99. The minimum Gasteiger partial charge on any atom is -0.377 e. The number of rotatable bonds is 9. The van der Waals surface area contributed by atoms with Gasteiger partial charge in [-0.1, -0.05) is 19.4 Å². The maximum Gasteiger partial charge on any atom is 0.500 e. The van der Waals surface area contributed by atoms with Crippen LogP contribution in [0.1, 0.15) is 26.2 Å². The largest absolute Gasteiger partial charge is 0.500 e. The Morgan fingerprint density at radius 3 is 2.36 bits per heavy atom. The van der Waals surface area contributed by atoms with Crippen LogP contribution in [0.25, 0.3) is 0 Å². The van der Waals surface area contributed by atoms with Crippen LogP contribution in [-0.4, -0.2) is 29.6 Å². The molecule has 0 bridgehead atoms. The average molecular weight is 218 g/mol. The fourth-order valence-electron chi connectivity index (χ4n) is 1.17. The second kappa shape index (κ2) is 8.17. The topological polar surface area (TPSA) is 27.7 Å². The first-order chi connectivity index (χ1) is 6.74. The summed E-state index contributed by atoms with van der Waals surface area (Å²) in [4.78, 5) is 0. The Morgan fingerprint density at radius 2 is 1.93 bits per heavy atom. The van der Waals surface area contributed by atoms with Crippen molar-refractivity contribution in [1.29, 1.82) is 0 Å². The standard InChI is InChI=1S/C10H22O3Si/c1-5-7-9-13-14(11-3,12-4)10-8-6-2/h5H,1,6-10H2,2-4H3. The molecule has 0 atom stereocenters. The molecule has 3 nitrogen and oxygen atoms in total. The van der Waals surface area contributed by atoms with Gasteiger partial charge in [-0.25, -0.2) is 0 Å². The van der Waals surface area contributed by atoms with Crippen LogP contribution in [0.2, 0.25) is 6.04 Å². The smallest absolute Gasteiger partial charge is 0.377 e. The van der Waals surface area contributed by atoms with Gasteiger partial charge >= 0.3 is 8.80 Å². The summed E-state index contributed by atoms with van der Waals surface area (Å²) in [6, 6.07) is 0.896. The van der Waals surface area contributed by atoms with Crippen LogP contribution in [0, 0.1) is 0 Å². The molecule has 0 aromatic rings. The molecule has 0 unspecified atom stereocenters. The molecule has 0 saturated carbocycles. The van der Waals surface area contributed by atoms with Crippen molar-refractivity contribution in [2.45, 2.75) is 32.2 Å². The maximum absolute atomic E-state index is 5.69. The Hall–Kier alpha value is -0.163. The van der Waals surface area contributed by atoms with Gasteiger partial charge in [-0.2, -0.15) is 0 Å². The van der Waals surface area contributed by atoms with Crippen molar-refractivity contribution in [3.8, 4) is 0 Å². The van der Waals surface area contributed by atoms with Crippen LogP contribution in [0.5, 0.6) is 0 Å². The van der Waals surface area contributed by atoms with E-state index < -0.39 is 8.80 Å². The first-order valence-corrected chi connectivity index (χ1v) is 7.03. The zero-order valence-corrected chi connectivity index (χ0v) is 10.5. The number of hydrogen-bond acceptors (Lipinski definition) is 3. The van der Waals surface area contributed by atoms with Crippen molar-refractivity contribution in [3.05, 3.63) is 12.7 Å². The fraction of sp³-hybridized carbons (Fsp3) is 0.800. The van der Waals surface area contributed by atoms with Crippen LogP contribution in [0.4, 0.5) is 0 Å². The monoisotopic (exact) mass is 218 g/mol. The predicted octanol–water partition coefficient (Wildman–Crippen LogP) is 2.61. The van der Waals surface area contributed by atoms with Gasteiger partial charge in [-0.3, -0.25) is 0 Å². The molecule has 0 N–H and O–H groups in total. The summed E-state index contributed by atoms with van der Waals surface area (Å²) in [7, 11) is 0.982. The van der Waals surface area contributed by atoms with Gasteiger partial charge in [0.2, 0.25) is 0 Å². The molecule has 0 spiro atoms. The molecule has 84 valence electrons. The van der Waals surface area contributed by atoms with Crippen LogP contribution >= 0.6 is 0 Å². The van der Waals surface area contributed by atoms with Gasteiger partial charge in [0.1, 0.15) is 0 Å². The lowest BCUT2D eigenvalue weighted by Crippen LogP contribution is -2.43. The molecule has 0 saturated heterocycles. The van der Waals surface area contributed by atoms with Crippen LogP contribution in [0.3, 0.4) is 0 Å². The second-order valence-electron chi connectivity index (χ2n) is 3.12. The van der Waals surface area contributed by atoms with E-state index in [0.29, 0.717) is 6.61 Å². The summed E-state index contributed by atoms with van der Waals surface area (Å²) >= 11 is 0. The third-order valence-corrected chi connectivity index (χ3v) is 4.96. The lowest BCUT2D eigenvalue weighted by Gasteiger charge is -2.26. The molecule has 0 amide bonds. The Labute approximate surface area is 88.4 Å². The highest BCUT2D eigenvalue weighted by Gasteiger charge is 2.37. The SMILES string of the molecule is C=CCCO[Si](CCCC)(OC)OC. The molecule has 0 rings (SSSR count). The van der Waals surface area contributed by atoms with Gasteiger partial charge < -0.3 is 13.3 Å². The Morgan fingerprint density at radius 1 is 1.29 bits per heavy atom. The molecule has 0 fully saturated rings. The first kappa shape index (κ1) is 13.8. The highest BCUT2D eigenvalue weighted by Crippen LogP contribution is 2.17. The molecule has 0 aromatic heterocycles. The van der Waals surface area contributed by atoms with E-state index in [4.69, 9.17) is 13.3 Å². The van der Waals surface area contributed by atoms with Gasteiger partial charge in [0, 0.05) is 26.9 Å². The fourth-order valence-corrected chi connectivity index (χ4v) is 3.34.